The number of hydrogen-bond donors (Lipinski definition) is 3. The van der Waals surface area contributed by atoms with E-state index in [4.69, 9.17) is 4.74 Å². The van der Waals surface area contributed by atoms with Crippen LogP contribution in [-0.2, 0) is 20.9 Å². The number of benzene rings is 1. The van der Waals surface area contributed by atoms with E-state index in [-0.39, 0.29) is 35.7 Å². The number of nitrogens with one attached hydrogen (secondary N) is 1. The standard InChI is InChI=1S/C21H22F2N2O5/c1-21-5-2-6-30-15(21)10-25-9-13(17(26)18(27)16(25)19(21)28)20(29)24-8-11-3-4-12(22)7-14(11)23/h3-4,7,9,15,17,26-27H,2,5-6,8,10H2,1H3,(H,24,29)/t15-,17?,21-/m0/s1. The predicted molar refractivity (Wildman–Crippen MR) is 101 cm³/mol. The van der Waals surface area contributed by atoms with Gasteiger partial charge in [-0.25, -0.2) is 8.78 Å². The molecule has 2 fully saturated rings. The van der Waals surface area contributed by atoms with E-state index in [0.29, 0.717) is 19.1 Å². The van der Waals surface area contributed by atoms with E-state index in [1.54, 1.807) is 6.92 Å². The van der Waals surface area contributed by atoms with Gasteiger partial charge >= 0.3 is 0 Å². The van der Waals surface area contributed by atoms with Crippen LogP contribution >= 0.6 is 0 Å². The summed E-state index contributed by atoms with van der Waals surface area (Å²) in [5.41, 5.74) is -0.958. The van der Waals surface area contributed by atoms with E-state index >= 15 is 0 Å². The molecule has 1 unspecified atom stereocenters. The van der Waals surface area contributed by atoms with Gasteiger partial charge in [-0.15, -0.1) is 0 Å². The normalized spacial score (nSPS) is 28.6. The van der Waals surface area contributed by atoms with Gasteiger partial charge in [-0.3, -0.25) is 9.59 Å². The number of halogens is 2. The molecule has 30 heavy (non-hydrogen) atoms. The van der Waals surface area contributed by atoms with Crippen LogP contribution in [0.1, 0.15) is 25.3 Å². The number of amides is 1. The summed E-state index contributed by atoms with van der Waals surface area (Å²) in [4.78, 5) is 27.1. The maximum atomic E-state index is 13.8. The van der Waals surface area contributed by atoms with Crippen molar-refractivity contribution in [2.45, 2.75) is 38.5 Å². The van der Waals surface area contributed by atoms with E-state index in [1.807, 2.05) is 0 Å². The SMILES string of the molecule is C[C@]12CCCO[C@H]1CN1C=C(C(=O)NCc3ccc(F)cc3F)C(O)C(O)=C1C2=O. The lowest BCUT2D eigenvalue weighted by Gasteiger charge is -2.48. The molecule has 0 bridgehead atoms. The molecular weight excluding hydrogens is 398 g/mol. The quantitative estimate of drug-likeness (QED) is 0.688. The number of allylic oxidation sites excluding steroid dienone is 1. The molecule has 9 heteroatoms. The van der Waals surface area contributed by atoms with Crippen LogP contribution in [0.15, 0.2) is 41.4 Å². The minimum absolute atomic E-state index is 0.0344. The van der Waals surface area contributed by atoms with Gasteiger partial charge in [-0.2, -0.15) is 0 Å². The Hall–Kier alpha value is -2.78. The first-order valence-electron chi connectivity index (χ1n) is 9.70. The topological polar surface area (TPSA) is 99.1 Å². The molecule has 160 valence electrons. The van der Waals surface area contributed by atoms with Crippen LogP contribution in [0.3, 0.4) is 0 Å². The summed E-state index contributed by atoms with van der Waals surface area (Å²) >= 11 is 0. The fourth-order valence-electron chi connectivity index (χ4n) is 4.22. The van der Waals surface area contributed by atoms with Crippen molar-refractivity contribution in [1.82, 2.24) is 10.2 Å². The molecule has 3 N–H and O–H groups in total. The summed E-state index contributed by atoms with van der Waals surface area (Å²) in [6, 6.07) is 2.98. The molecule has 2 saturated heterocycles. The fourth-order valence-corrected chi connectivity index (χ4v) is 4.22. The van der Waals surface area contributed by atoms with Crippen LogP contribution in [0.5, 0.6) is 0 Å². The molecule has 0 radical (unpaired) electrons. The number of ketones is 1. The Bertz CT molecular complexity index is 976. The van der Waals surface area contributed by atoms with Crippen LogP contribution < -0.4 is 5.32 Å². The maximum absolute atomic E-state index is 13.8. The summed E-state index contributed by atoms with van der Waals surface area (Å²) in [6.07, 6.45) is 0.546. The Kier molecular flexibility index (Phi) is 5.11. The lowest BCUT2D eigenvalue weighted by molar-refractivity contribution is -0.151. The fraction of sp³-hybridized carbons (Fsp3) is 0.429. The summed E-state index contributed by atoms with van der Waals surface area (Å²) in [7, 11) is 0. The van der Waals surface area contributed by atoms with E-state index in [0.717, 1.165) is 12.5 Å². The average Bonchev–Trinajstić information content (AvgIpc) is 2.70. The largest absolute Gasteiger partial charge is 0.507 e. The summed E-state index contributed by atoms with van der Waals surface area (Å²) < 4.78 is 32.6. The monoisotopic (exact) mass is 420 g/mol. The number of hydrogen-bond acceptors (Lipinski definition) is 6. The van der Waals surface area contributed by atoms with E-state index in [1.165, 1.54) is 17.2 Å². The van der Waals surface area contributed by atoms with Gasteiger partial charge in [0.2, 0.25) is 0 Å². The van der Waals surface area contributed by atoms with Gasteiger partial charge in [0, 0.05) is 31.0 Å². The number of fused-ring (bicyclic) bond motifs is 2. The number of piperidine rings is 1. The van der Waals surface area contributed by atoms with Crippen molar-refractivity contribution in [3.63, 3.8) is 0 Å². The van der Waals surface area contributed by atoms with Gasteiger partial charge in [-0.05, 0) is 25.8 Å². The molecule has 1 aromatic carbocycles. The number of Topliss-reactive ketones (excluding diaryl/α,β-unsaturated/α-hetero) is 1. The maximum Gasteiger partial charge on any atom is 0.252 e. The van der Waals surface area contributed by atoms with Crippen LogP contribution in [-0.4, -0.2) is 52.2 Å². The molecule has 0 saturated carbocycles. The third-order valence-corrected chi connectivity index (χ3v) is 6.06. The van der Waals surface area contributed by atoms with Crippen molar-refractivity contribution < 1.29 is 33.3 Å². The second-order valence-electron chi connectivity index (χ2n) is 8.00. The number of aliphatic hydroxyl groups is 2. The summed E-state index contributed by atoms with van der Waals surface area (Å²) in [5, 5.41) is 23.4. The van der Waals surface area contributed by atoms with E-state index < -0.39 is 40.9 Å². The van der Waals surface area contributed by atoms with Gasteiger partial charge in [0.05, 0.1) is 23.6 Å². The first-order valence-corrected chi connectivity index (χ1v) is 9.70. The average molecular weight is 420 g/mol. The Labute approximate surface area is 171 Å². The zero-order valence-corrected chi connectivity index (χ0v) is 16.3. The van der Waals surface area contributed by atoms with Crippen LogP contribution in [0.25, 0.3) is 0 Å². The zero-order valence-electron chi connectivity index (χ0n) is 16.3. The van der Waals surface area contributed by atoms with Gasteiger partial charge in [0.1, 0.15) is 23.4 Å². The van der Waals surface area contributed by atoms with E-state index in [9.17, 15) is 28.6 Å². The number of nitrogens with zero attached hydrogens (tertiary/aromatic N) is 1. The third-order valence-electron chi connectivity index (χ3n) is 6.06. The van der Waals surface area contributed by atoms with Gasteiger partial charge in [0.25, 0.3) is 5.91 Å². The highest BCUT2D eigenvalue weighted by atomic mass is 19.1. The molecule has 3 aliphatic rings. The van der Waals surface area contributed by atoms with Crippen molar-refractivity contribution in [3.8, 4) is 0 Å². The molecule has 3 heterocycles. The molecule has 0 aromatic heterocycles. The Morgan fingerprint density at radius 2 is 2.17 bits per heavy atom. The van der Waals surface area contributed by atoms with E-state index in [2.05, 4.69) is 5.32 Å². The van der Waals surface area contributed by atoms with Crippen molar-refractivity contribution in [3.05, 3.63) is 58.6 Å². The highest BCUT2D eigenvalue weighted by molar-refractivity contribution is 6.03. The van der Waals surface area contributed by atoms with Crippen molar-refractivity contribution >= 4 is 11.7 Å². The number of carbonyl (C=O) groups excluding carboxylic acids is 2. The highest BCUT2D eigenvalue weighted by Crippen LogP contribution is 2.44. The lowest BCUT2D eigenvalue weighted by Crippen LogP contribution is -2.58. The van der Waals surface area contributed by atoms with Gasteiger partial charge < -0.3 is 25.2 Å². The lowest BCUT2D eigenvalue weighted by atomic mass is 9.70. The zero-order chi connectivity index (χ0) is 21.6. The molecule has 4 rings (SSSR count). The number of rotatable bonds is 3. The molecule has 0 spiro atoms. The number of carbonyl (C=O) groups is 2. The Morgan fingerprint density at radius 3 is 2.90 bits per heavy atom. The summed E-state index contributed by atoms with van der Waals surface area (Å²) in [5.74, 6) is -3.22. The first kappa shape index (κ1) is 20.5. The van der Waals surface area contributed by atoms with Crippen LogP contribution in [0, 0.1) is 17.0 Å². The van der Waals surface area contributed by atoms with Crippen molar-refractivity contribution in [2.24, 2.45) is 5.41 Å². The molecular formula is C21H22F2N2O5. The van der Waals surface area contributed by atoms with Gasteiger partial charge in [-0.1, -0.05) is 6.07 Å². The van der Waals surface area contributed by atoms with Crippen LogP contribution in [0.2, 0.25) is 0 Å². The van der Waals surface area contributed by atoms with Crippen molar-refractivity contribution in [2.75, 3.05) is 13.2 Å². The van der Waals surface area contributed by atoms with Crippen molar-refractivity contribution in [1.29, 1.82) is 0 Å². The smallest absolute Gasteiger partial charge is 0.252 e. The third kappa shape index (κ3) is 3.27. The Balaban J connectivity index is 1.55. The second kappa shape index (κ2) is 7.48. The minimum Gasteiger partial charge on any atom is -0.507 e. The molecule has 1 amide bonds. The molecule has 1 aromatic rings. The van der Waals surface area contributed by atoms with Crippen LogP contribution in [0.4, 0.5) is 8.78 Å². The minimum atomic E-state index is -1.69. The number of ether oxygens (including phenoxy) is 1. The number of aliphatic hydroxyl groups excluding tert-OH is 2. The Morgan fingerprint density at radius 1 is 1.40 bits per heavy atom. The molecule has 3 atom stereocenters. The second-order valence-corrected chi connectivity index (χ2v) is 8.00. The highest BCUT2D eigenvalue weighted by Gasteiger charge is 2.53. The first-order chi connectivity index (χ1) is 14.2. The molecule has 7 nitrogen and oxygen atoms in total. The van der Waals surface area contributed by atoms with Gasteiger partial charge in [0.15, 0.2) is 11.5 Å². The molecule has 0 aliphatic carbocycles. The predicted octanol–water partition coefficient (Wildman–Crippen LogP) is 1.68. The summed E-state index contributed by atoms with van der Waals surface area (Å²) in [6.45, 7) is 2.31. The molecule has 3 aliphatic heterocycles.